The van der Waals surface area contributed by atoms with Crippen LogP contribution >= 0.6 is 0 Å². The van der Waals surface area contributed by atoms with Crippen molar-refractivity contribution in [3.05, 3.63) is 41.1 Å². The Morgan fingerprint density at radius 2 is 2.12 bits per heavy atom. The van der Waals surface area contributed by atoms with Crippen molar-refractivity contribution in [2.24, 2.45) is 0 Å². The largest absolute Gasteiger partial charge is 0.490 e. The number of carbonyl (C=O) groups is 2. The van der Waals surface area contributed by atoms with E-state index in [9.17, 15) is 9.59 Å². The molecule has 3 aliphatic rings. The molecule has 8 heteroatoms. The lowest BCUT2D eigenvalue weighted by atomic mass is 10.1. The lowest BCUT2D eigenvalue weighted by Gasteiger charge is -2.22. The Labute approximate surface area is 193 Å². The number of amides is 2. The number of anilines is 1. The maximum absolute atomic E-state index is 13.6. The SMILES string of the molecule is CCC(C)Oc1cc(C)cc2c1C(=O)N1C[C@@H](Oc3cc4c(cn3)CCC(=O)N4)C[C@@H]1CO2. The summed E-state index contributed by atoms with van der Waals surface area (Å²) < 4.78 is 18.3. The van der Waals surface area contributed by atoms with Crippen LogP contribution in [0.1, 0.15) is 54.6 Å². The van der Waals surface area contributed by atoms with E-state index in [1.807, 2.05) is 30.9 Å². The Hall–Kier alpha value is -3.29. The van der Waals surface area contributed by atoms with Gasteiger partial charge in [0.1, 0.15) is 29.8 Å². The van der Waals surface area contributed by atoms with E-state index in [2.05, 4.69) is 17.2 Å². The molecule has 1 unspecified atom stereocenters. The second kappa shape index (κ2) is 8.57. The fraction of sp³-hybridized carbons (Fsp3) is 0.480. The molecule has 1 saturated heterocycles. The molecule has 3 atom stereocenters. The average Bonchev–Trinajstić information content (AvgIpc) is 3.13. The standard InChI is InChI=1S/C25H29N3O5/c1-4-15(3)32-21-8-14(2)7-20-24(21)25(30)28-12-18(9-17(28)13-31-20)33-23-10-19-16(11-26-23)5-6-22(29)27-19/h7-8,10-11,15,17-18H,4-6,9,12-13H2,1-3H3,(H,27,29)/t15?,17-,18+/m1/s1. The summed E-state index contributed by atoms with van der Waals surface area (Å²) in [5.41, 5.74) is 3.23. The molecule has 1 aromatic carbocycles. The summed E-state index contributed by atoms with van der Waals surface area (Å²) in [5.74, 6) is 1.51. The topological polar surface area (TPSA) is 90.0 Å². The fourth-order valence-electron chi connectivity index (χ4n) is 4.61. The van der Waals surface area contributed by atoms with Crippen LogP contribution < -0.4 is 19.5 Å². The van der Waals surface area contributed by atoms with E-state index < -0.39 is 0 Å². The zero-order valence-corrected chi connectivity index (χ0v) is 19.2. The van der Waals surface area contributed by atoms with Gasteiger partial charge < -0.3 is 24.4 Å². The third kappa shape index (κ3) is 4.21. The van der Waals surface area contributed by atoms with Gasteiger partial charge in [0, 0.05) is 25.1 Å². The van der Waals surface area contributed by atoms with Crippen LogP contribution in [-0.4, -0.2) is 53.1 Å². The van der Waals surface area contributed by atoms with Crippen molar-refractivity contribution in [1.82, 2.24) is 9.88 Å². The molecular formula is C25H29N3O5. The second-order valence-corrected chi connectivity index (χ2v) is 9.10. The quantitative estimate of drug-likeness (QED) is 0.748. The van der Waals surface area contributed by atoms with Gasteiger partial charge in [0.05, 0.1) is 24.4 Å². The summed E-state index contributed by atoms with van der Waals surface area (Å²) in [4.78, 5) is 31.5. The van der Waals surface area contributed by atoms with Crippen LogP contribution in [0.5, 0.6) is 17.4 Å². The lowest BCUT2D eigenvalue weighted by Crippen LogP contribution is -2.37. The molecule has 2 aromatic rings. The number of nitrogens with one attached hydrogen (secondary N) is 1. The van der Waals surface area contributed by atoms with E-state index >= 15 is 0 Å². The number of hydrogen-bond donors (Lipinski definition) is 1. The van der Waals surface area contributed by atoms with Gasteiger partial charge in [-0.3, -0.25) is 9.59 Å². The van der Waals surface area contributed by atoms with Gasteiger partial charge in [0.25, 0.3) is 5.91 Å². The number of ether oxygens (including phenoxy) is 3. The van der Waals surface area contributed by atoms with Crippen LogP contribution in [-0.2, 0) is 11.2 Å². The Morgan fingerprint density at radius 3 is 2.94 bits per heavy atom. The zero-order valence-electron chi connectivity index (χ0n) is 19.2. The predicted octanol–water partition coefficient (Wildman–Crippen LogP) is 3.51. The molecule has 8 nitrogen and oxygen atoms in total. The van der Waals surface area contributed by atoms with Gasteiger partial charge in [-0.2, -0.15) is 0 Å². The van der Waals surface area contributed by atoms with Gasteiger partial charge in [-0.25, -0.2) is 4.98 Å². The molecule has 0 bridgehead atoms. The van der Waals surface area contributed by atoms with E-state index in [0.29, 0.717) is 55.4 Å². The number of rotatable bonds is 5. The molecule has 174 valence electrons. The van der Waals surface area contributed by atoms with Gasteiger partial charge in [-0.15, -0.1) is 0 Å². The van der Waals surface area contributed by atoms with E-state index in [-0.39, 0.29) is 30.1 Å². The van der Waals surface area contributed by atoms with E-state index in [1.54, 1.807) is 12.3 Å². The van der Waals surface area contributed by atoms with Crippen molar-refractivity contribution in [3.63, 3.8) is 0 Å². The Bertz CT molecular complexity index is 1100. The molecule has 2 amide bonds. The first-order valence-corrected chi connectivity index (χ1v) is 11.6. The van der Waals surface area contributed by atoms with Crippen LogP contribution in [0.3, 0.4) is 0 Å². The van der Waals surface area contributed by atoms with Gasteiger partial charge in [-0.05, 0) is 49.9 Å². The van der Waals surface area contributed by atoms with Crippen LogP contribution in [0.4, 0.5) is 5.69 Å². The molecule has 0 aliphatic carbocycles. The Kier molecular flexibility index (Phi) is 5.60. The Morgan fingerprint density at radius 1 is 1.27 bits per heavy atom. The van der Waals surface area contributed by atoms with E-state index in [4.69, 9.17) is 14.2 Å². The maximum Gasteiger partial charge on any atom is 0.261 e. The second-order valence-electron chi connectivity index (χ2n) is 9.10. The van der Waals surface area contributed by atoms with Crippen LogP contribution in [0.25, 0.3) is 0 Å². The number of pyridine rings is 1. The maximum atomic E-state index is 13.6. The van der Waals surface area contributed by atoms with E-state index in [1.165, 1.54) is 0 Å². The van der Waals surface area contributed by atoms with Crippen molar-refractivity contribution in [2.45, 2.75) is 64.7 Å². The summed E-state index contributed by atoms with van der Waals surface area (Å²) >= 11 is 0. The number of fused-ring (bicyclic) bond motifs is 3. The summed E-state index contributed by atoms with van der Waals surface area (Å²) in [6.45, 7) is 6.86. The third-order valence-electron chi connectivity index (χ3n) is 6.54. The molecule has 0 radical (unpaired) electrons. The number of aromatic nitrogens is 1. The van der Waals surface area contributed by atoms with Crippen LogP contribution in [0.2, 0.25) is 0 Å². The first kappa shape index (κ1) is 21.6. The Balaban J connectivity index is 1.35. The van der Waals surface area contributed by atoms with Crippen molar-refractivity contribution in [3.8, 4) is 17.4 Å². The highest BCUT2D eigenvalue weighted by molar-refractivity contribution is 6.00. The minimum atomic E-state index is -0.210. The molecule has 4 heterocycles. The molecule has 1 aromatic heterocycles. The molecular weight excluding hydrogens is 422 g/mol. The number of benzene rings is 1. The predicted molar refractivity (Wildman–Crippen MR) is 122 cm³/mol. The number of aryl methyl sites for hydroxylation is 2. The fourth-order valence-corrected chi connectivity index (χ4v) is 4.61. The molecule has 0 saturated carbocycles. The summed E-state index contributed by atoms with van der Waals surface area (Å²) in [6, 6.07) is 5.48. The number of nitrogens with zero attached hydrogens (tertiary/aromatic N) is 2. The van der Waals surface area contributed by atoms with Crippen molar-refractivity contribution in [1.29, 1.82) is 0 Å². The minimum Gasteiger partial charge on any atom is -0.490 e. The highest BCUT2D eigenvalue weighted by Gasteiger charge is 2.41. The molecule has 5 rings (SSSR count). The summed E-state index contributed by atoms with van der Waals surface area (Å²) in [6.07, 6.45) is 4.17. The van der Waals surface area contributed by atoms with Gasteiger partial charge >= 0.3 is 0 Å². The van der Waals surface area contributed by atoms with Crippen molar-refractivity contribution < 1.29 is 23.8 Å². The van der Waals surface area contributed by atoms with Crippen molar-refractivity contribution in [2.75, 3.05) is 18.5 Å². The number of hydrogen-bond acceptors (Lipinski definition) is 6. The zero-order chi connectivity index (χ0) is 23.1. The molecule has 0 spiro atoms. The highest BCUT2D eigenvalue weighted by Crippen LogP contribution is 2.38. The van der Waals surface area contributed by atoms with Crippen LogP contribution in [0.15, 0.2) is 24.4 Å². The van der Waals surface area contributed by atoms with E-state index in [0.717, 1.165) is 23.2 Å². The molecule has 3 aliphatic heterocycles. The average molecular weight is 452 g/mol. The highest BCUT2D eigenvalue weighted by atomic mass is 16.5. The molecule has 1 N–H and O–H groups in total. The molecule has 1 fully saturated rings. The normalized spacial score (nSPS) is 22.3. The van der Waals surface area contributed by atoms with Crippen LogP contribution in [0, 0.1) is 6.92 Å². The third-order valence-corrected chi connectivity index (χ3v) is 6.54. The smallest absolute Gasteiger partial charge is 0.261 e. The first-order chi connectivity index (χ1) is 15.9. The molecule has 33 heavy (non-hydrogen) atoms. The summed E-state index contributed by atoms with van der Waals surface area (Å²) in [5, 5.41) is 2.88. The van der Waals surface area contributed by atoms with Gasteiger partial charge in [0.2, 0.25) is 11.8 Å². The first-order valence-electron chi connectivity index (χ1n) is 11.6. The van der Waals surface area contributed by atoms with Gasteiger partial charge in [0.15, 0.2) is 0 Å². The minimum absolute atomic E-state index is 0.000888. The van der Waals surface area contributed by atoms with Crippen molar-refractivity contribution >= 4 is 17.5 Å². The summed E-state index contributed by atoms with van der Waals surface area (Å²) in [7, 11) is 0. The monoisotopic (exact) mass is 451 g/mol. The number of carbonyl (C=O) groups excluding carboxylic acids is 2. The van der Waals surface area contributed by atoms with Gasteiger partial charge in [-0.1, -0.05) is 6.92 Å². The lowest BCUT2D eigenvalue weighted by molar-refractivity contribution is -0.116.